The highest BCUT2D eigenvalue weighted by Crippen LogP contribution is 2.18. The van der Waals surface area contributed by atoms with Crippen molar-refractivity contribution in [2.75, 3.05) is 0 Å². The Balaban J connectivity index is 3.94. The van der Waals surface area contributed by atoms with E-state index in [9.17, 15) is 5.11 Å². The van der Waals surface area contributed by atoms with Crippen molar-refractivity contribution in [2.45, 2.75) is 58.5 Å². The standard InChI is InChI=1S/C17H28O/c1-5-7-9-12-16(3)13-11-15-17(4,18)14-10-8-6-2/h5-6,8,10,12,14,18H,1,7,9,11,13,15H2,2-4H3/b8-6+,14-10+,16-12+/t17-/m0/s1. The molecule has 0 radical (unpaired) electrons. The highest BCUT2D eigenvalue weighted by atomic mass is 16.3. The monoisotopic (exact) mass is 248 g/mol. The first-order valence-electron chi connectivity index (χ1n) is 6.81. The van der Waals surface area contributed by atoms with Crippen LogP contribution in [0.1, 0.15) is 52.9 Å². The Morgan fingerprint density at radius 2 is 2.00 bits per heavy atom. The lowest BCUT2D eigenvalue weighted by Crippen LogP contribution is -2.20. The summed E-state index contributed by atoms with van der Waals surface area (Å²) in [7, 11) is 0. The summed E-state index contributed by atoms with van der Waals surface area (Å²) in [6.45, 7) is 9.71. The van der Waals surface area contributed by atoms with E-state index in [1.807, 2.05) is 44.2 Å². The summed E-state index contributed by atoms with van der Waals surface area (Å²) in [5.74, 6) is 0. The summed E-state index contributed by atoms with van der Waals surface area (Å²) < 4.78 is 0. The molecule has 1 N–H and O–H groups in total. The number of rotatable bonds is 9. The van der Waals surface area contributed by atoms with Crippen LogP contribution in [0.5, 0.6) is 0 Å². The fourth-order valence-electron chi connectivity index (χ4n) is 1.73. The second-order valence-corrected chi connectivity index (χ2v) is 5.01. The maximum atomic E-state index is 10.1. The van der Waals surface area contributed by atoms with Crippen molar-refractivity contribution in [3.05, 3.63) is 48.6 Å². The third-order valence-electron chi connectivity index (χ3n) is 2.88. The van der Waals surface area contributed by atoms with Gasteiger partial charge in [-0.1, -0.05) is 42.0 Å². The second kappa shape index (κ2) is 9.90. The van der Waals surface area contributed by atoms with E-state index in [0.29, 0.717) is 0 Å². The van der Waals surface area contributed by atoms with Crippen molar-refractivity contribution in [1.82, 2.24) is 0 Å². The Hall–Kier alpha value is -1.08. The van der Waals surface area contributed by atoms with Crippen LogP contribution >= 0.6 is 0 Å². The van der Waals surface area contributed by atoms with Crippen LogP contribution in [-0.2, 0) is 0 Å². The molecule has 0 aromatic rings. The molecule has 18 heavy (non-hydrogen) atoms. The third kappa shape index (κ3) is 10.1. The molecule has 0 aromatic carbocycles. The van der Waals surface area contributed by atoms with Crippen molar-refractivity contribution in [3.8, 4) is 0 Å². The van der Waals surface area contributed by atoms with Crippen molar-refractivity contribution < 1.29 is 5.11 Å². The molecule has 0 unspecified atom stereocenters. The number of hydrogen-bond donors (Lipinski definition) is 1. The van der Waals surface area contributed by atoms with Crippen LogP contribution in [0.15, 0.2) is 48.6 Å². The van der Waals surface area contributed by atoms with Gasteiger partial charge in [-0.25, -0.2) is 0 Å². The Morgan fingerprint density at radius 3 is 2.61 bits per heavy atom. The fourth-order valence-corrected chi connectivity index (χ4v) is 1.73. The Labute approximate surface area is 113 Å². The van der Waals surface area contributed by atoms with Gasteiger partial charge in [-0.2, -0.15) is 0 Å². The molecule has 0 saturated carbocycles. The van der Waals surface area contributed by atoms with E-state index >= 15 is 0 Å². The fraction of sp³-hybridized carbons (Fsp3) is 0.529. The number of aliphatic hydroxyl groups is 1. The van der Waals surface area contributed by atoms with Gasteiger partial charge in [-0.05, 0) is 52.9 Å². The SMILES string of the molecule is C=CCC/C=C(\C)CCC[C@@](C)(O)/C=C/C=C/C. The minimum atomic E-state index is -0.694. The predicted octanol–water partition coefficient (Wildman–Crippen LogP) is 4.95. The van der Waals surface area contributed by atoms with Gasteiger partial charge in [0, 0.05) is 0 Å². The first kappa shape index (κ1) is 16.9. The summed E-state index contributed by atoms with van der Waals surface area (Å²) >= 11 is 0. The van der Waals surface area contributed by atoms with Crippen molar-refractivity contribution in [1.29, 1.82) is 0 Å². The van der Waals surface area contributed by atoms with Crippen LogP contribution in [0.25, 0.3) is 0 Å². The van der Waals surface area contributed by atoms with Crippen molar-refractivity contribution in [3.63, 3.8) is 0 Å². The number of unbranched alkanes of at least 4 members (excludes halogenated alkanes) is 1. The van der Waals surface area contributed by atoms with Gasteiger partial charge < -0.3 is 5.11 Å². The van der Waals surface area contributed by atoms with E-state index in [-0.39, 0.29) is 0 Å². The van der Waals surface area contributed by atoms with E-state index in [1.165, 1.54) is 5.57 Å². The summed E-state index contributed by atoms with van der Waals surface area (Å²) in [5.41, 5.74) is 0.714. The molecule has 0 spiro atoms. The van der Waals surface area contributed by atoms with Gasteiger partial charge in [0.15, 0.2) is 0 Å². The summed E-state index contributed by atoms with van der Waals surface area (Å²) in [6, 6.07) is 0. The molecule has 1 atom stereocenters. The zero-order valence-corrected chi connectivity index (χ0v) is 12.2. The second-order valence-electron chi connectivity index (χ2n) is 5.01. The van der Waals surface area contributed by atoms with Crippen LogP contribution in [0.3, 0.4) is 0 Å². The lowest BCUT2D eigenvalue weighted by atomic mass is 9.96. The number of hydrogen-bond acceptors (Lipinski definition) is 1. The third-order valence-corrected chi connectivity index (χ3v) is 2.88. The maximum absolute atomic E-state index is 10.1. The molecule has 0 bridgehead atoms. The largest absolute Gasteiger partial charge is 0.386 e. The summed E-state index contributed by atoms with van der Waals surface area (Å²) in [4.78, 5) is 0. The maximum Gasteiger partial charge on any atom is 0.0802 e. The Bertz CT molecular complexity index is 306. The lowest BCUT2D eigenvalue weighted by molar-refractivity contribution is 0.0995. The van der Waals surface area contributed by atoms with Crippen LogP contribution in [0.2, 0.25) is 0 Å². The molecule has 1 heteroatoms. The summed E-state index contributed by atoms with van der Waals surface area (Å²) in [6.07, 6.45) is 16.9. The molecule has 0 fully saturated rings. The normalized spacial score (nSPS) is 16.3. The predicted molar refractivity (Wildman–Crippen MR) is 81.6 cm³/mol. The van der Waals surface area contributed by atoms with Gasteiger partial charge in [0.25, 0.3) is 0 Å². The van der Waals surface area contributed by atoms with E-state index in [2.05, 4.69) is 19.6 Å². The average molecular weight is 248 g/mol. The smallest absolute Gasteiger partial charge is 0.0802 e. The minimum absolute atomic E-state index is 0.694. The highest BCUT2D eigenvalue weighted by Gasteiger charge is 2.14. The first-order chi connectivity index (χ1) is 8.52. The molecular formula is C17H28O. The van der Waals surface area contributed by atoms with Gasteiger partial charge >= 0.3 is 0 Å². The number of allylic oxidation sites excluding steroid dienone is 6. The molecule has 1 nitrogen and oxygen atoms in total. The topological polar surface area (TPSA) is 20.2 Å². The molecule has 0 saturated heterocycles. The van der Waals surface area contributed by atoms with E-state index in [0.717, 1.165) is 32.1 Å². The first-order valence-corrected chi connectivity index (χ1v) is 6.81. The minimum Gasteiger partial charge on any atom is -0.386 e. The molecule has 0 amide bonds. The van der Waals surface area contributed by atoms with Crippen LogP contribution < -0.4 is 0 Å². The molecule has 102 valence electrons. The lowest BCUT2D eigenvalue weighted by Gasteiger charge is -2.18. The molecule has 0 aromatic heterocycles. The highest BCUT2D eigenvalue weighted by molar-refractivity contribution is 5.08. The zero-order valence-electron chi connectivity index (χ0n) is 12.2. The van der Waals surface area contributed by atoms with Gasteiger partial charge in [-0.15, -0.1) is 6.58 Å². The van der Waals surface area contributed by atoms with Crippen LogP contribution in [0.4, 0.5) is 0 Å². The van der Waals surface area contributed by atoms with Gasteiger partial charge in [-0.3, -0.25) is 0 Å². The molecule has 0 aliphatic carbocycles. The Kier molecular flexibility index (Phi) is 9.31. The van der Waals surface area contributed by atoms with Gasteiger partial charge in [0.1, 0.15) is 0 Å². The van der Waals surface area contributed by atoms with Crippen LogP contribution in [-0.4, -0.2) is 10.7 Å². The Morgan fingerprint density at radius 1 is 1.28 bits per heavy atom. The zero-order chi connectivity index (χ0) is 13.9. The van der Waals surface area contributed by atoms with E-state index in [1.54, 1.807) is 0 Å². The molecule has 0 aliphatic heterocycles. The quantitative estimate of drug-likeness (QED) is 0.347. The molecular weight excluding hydrogens is 220 g/mol. The summed E-state index contributed by atoms with van der Waals surface area (Å²) in [5, 5.41) is 10.1. The molecule has 0 aliphatic rings. The van der Waals surface area contributed by atoms with Gasteiger partial charge in [0.2, 0.25) is 0 Å². The van der Waals surface area contributed by atoms with Crippen molar-refractivity contribution in [2.24, 2.45) is 0 Å². The van der Waals surface area contributed by atoms with E-state index in [4.69, 9.17) is 0 Å². The molecule has 0 rings (SSSR count). The van der Waals surface area contributed by atoms with E-state index < -0.39 is 5.60 Å². The molecule has 0 heterocycles. The van der Waals surface area contributed by atoms with Gasteiger partial charge in [0.05, 0.1) is 5.60 Å². The average Bonchev–Trinajstić information content (AvgIpc) is 2.29. The van der Waals surface area contributed by atoms with Crippen molar-refractivity contribution >= 4 is 0 Å². The van der Waals surface area contributed by atoms with Crippen LogP contribution in [0, 0.1) is 0 Å².